The topological polar surface area (TPSA) is 55.6 Å². The van der Waals surface area contributed by atoms with Crippen LogP contribution in [-0.2, 0) is 0 Å². The summed E-state index contributed by atoms with van der Waals surface area (Å²) in [5.74, 6) is -1.16. The SMILES string of the molecule is COc1ccc(-c2ccc(C(=O)N3CCC(N)C(C)(C)C3)c(F)c2)c(F)c1.Cl. The Morgan fingerprint density at radius 2 is 1.89 bits per heavy atom. The molecule has 0 aromatic heterocycles. The minimum atomic E-state index is -0.666. The summed E-state index contributed by atoms with van der Waals surface area (Å²) in [6.07, 6.45) is 0.676. The summed E-state index contributed by atoms with van der Waals surface area (Å²) in [6.45, 7) is 4.98. The van der Waals surface area contributed by atoms with Crippen LogP contribution in [0.25, 0.3) is 11.1 Å². The lowest BCUT2D eigenvalue weighted by molar-refractivity contribution is 0.0528. The predicted molar refractivity (Wildman–Crippen MR) is 108 cm³/mol. The van der Waals surface area contributed by atoms with Gasteiger partial charge >= 0.3 is 0 Å². The lowest BCUT2D eigenvalue weighted by atomic mass is 9.79. The van der Waals surface area contributed by atoms with E-state index in [-0.39, 0.29) is 40.9 Å². The molecule has 152 valence electrons. The first-order valence-corrected chi connectivity index (χ1v) is 8.91. The first-order chi connectivity index (χ1) is 12.7. The van der Waals surface area contributed by atoms with Gasteiger partial charge in [-0.3, -0.25) is 4.79 Å². The number of hydrogen-bond donors (Lipinski definition) is 1. The summed E-state index contributed by atoms with van der Waals surface area (Å²) in [4.78, 5) is 14.4. The molecule has 1 heterocycles. The average Bonchev–Trinajstić information content (AvgIpc) is 2.63. The zero-order valence-electron chi connectivity index (χ0n) is 16.2. The van der Waals surface area contributed by atoms with Gasteiger partial charge in [-0.2, -0.15) is 0 Å². The second-order valence-electron chi connectivity index (χ2n) is 7.65. The molecule has 2 N–H and O–H groups in total. The smallest absolute Gasteiger partial charge is 0.256 e. The second-order valence-corrected chi connectivity index (χ2v) is 7.65. The van der Waals surface area contributed by atoms with Crippen molar-refractivity contribution < 1.29 is 18.3 Å². The van der Waals surface area contributed by atoms with E-state index in [1.54, 1.807) is 17.0 Å². The molecule has 1 saturated heterocycles. The Balaban J connectivity index is 0.00000280. The molecule has 28 heavy (non-hydrogen) atoms. The molecule has 7 heteroatoms. The van der Waals surface area contributed by atoms with Crippen molar-refractivity contribution in [2.45, 2.75) is 26.3 Å². The van der Waals surface area contributed by atoms with Gasteiger partial charge in [-0.15, -0.1) is 12.4 Å². The molecule has 0 bridgehead atoms. The van der Waals surface area contributed by atoms with Crippen LogP contribution in [0.15, 0.2) is 36.4 Å². The van der Waals surface area contributed by atoms with E-state index in [1.165, 1.54) is 31.4 Å². The zero-order chi connectivity index (χ0) is 19.8. The highest BCUT2D eigenvalue weighted by Crippen LogP contribution is 2.31. The fraction of sp³-hybridized carbons (Fsp3) is 0.381. The van der Waals surface area contributed by atoms with Gasteiger partial charge in [-0.25, -0.2) is 8.78 Å². The van der Waals surface area contributed by atoms with Crippen LogP contribution in [0.5, 0.6) is 5.75 Å². The number of piperidine rings is 1. The third-order valence-electron chi connectivity index (χ3n) is 5.29. The highest BCUT2D eigenvalue weighted by atomic mass is 35.5. The molecule has 4 nitrogen and oxygen atoms in total. The number of likely N-dealkylation sites (tertiary alicyclic amines) is 1. The number of amides is 1. The summed E-state index contributed by atoms with van der Waals surface area (Å²) < 4.78 is 33.9. The number of nitrogens with zero attached hydrogens (tertiary/aromatic N) is 1. The molecular weight excluding hydrogens is 386 g/mol. The van der Waals surface area contributed by atoms with Crippen LogP contribution in [0.1, 0.15) is 30.6 Å². The molecule has 3 rings (SSSR count). The maximum atomic E-state index is 14.7. The maximum Gasteiger partial charge on any atom is 0.256 e. The standard InChI is InChI=1S/C21H24F2N2O2.ClH/c1-21(2)12-25(9-8-19(21)24)20(26)16-6-4-13(10-17(16)22)15-7-5-14(27-3)11-18(15)23;/h4-7,10-11,19H,8-9,12,24H2,1-3H3;1H. The van der Waals surface area contributed by atoms with Crippen molar-refractivity contribution in [2.24, 2.45) is 11.1 Å². The molecule has 1 atom stereocenters. The Labute approximate surface area is 170 Å². The van der Waals surface area contributed by atoms with Crippen molar-refractivity contribution in [3.05, 3.63) is 53.6 Å². The van der Waals surface area contributed by atoms with Crippen molar-refractivity contribution >= 4 is 18.3 Å². The lowest BCUT2D eigenvalue weighted by Crippen LogP contribution is -2.54. The first kappa shape index (κ1) is 22.1. The third kappa shape index (κ3) is 4.28. The van der Waals surface area contributed by atoms with Gasteiger partial charge in [0.25, 0.3) is 5.91 Å². The molecule has 1 amide bonds. The summed E-state index contributed by atoms with van der Waals surface area (Å²) in [5, 5.41) is 0. The number of carbonyl (C=O) groups excluding carboxylic acids is 1. The number of rotatable bonds is 3. The van der Waals surface area contributed by atoms with E-state index in [9.17, 15) is 13.6 Å². The van der Waals surface area contributed by atoms with E-state index in [0.29, 0.717) is 30.8 Å². The van der Waals surface area contributed by atoms with Crippen molar-refractivity contribution in [1.82, 2.24) is 4.90 Å². The fourth-order valence-electron chi connectivity index (χ4n) is 3.43. The number of carbonyl (C=O) groups is 1. The van der Waals surface area contributed by atoms with Crippen LogP contribution in [0.4, 0.5) is 8.78 Å². The number of nitrogens with two attached hydrogens (primary N) is 1. The van der Waals surface area contributed by atoms with Gasteiger partial charge in [-0.1, -0.05) is 19.9 Å². The molecule has 2 aromatic rings. The monoisotopic (exact) mass is 410 g/mol. The van der Waals surface area contributed by atoms with Gasteiger partial charge in [0.1, 0.15) is 17.4 Å². The van der Waals surface area contributed by atoms with Crippen LogP contribution < -0.4 is 10.5 Å². The van der Waals surface area contributed by atoms with E-state index in [0.717, 1.165) is 0 Å². The van der Waals surface area contributed by atoms with Gasteiger partial charge < -0.3 is 15.4 Å². The molecule has 1 aliphatic heterocycles. The summed E-state index contributed by atoms with van der Waals surface area (Å²) in [5.41, 5.74) is 6.48. The van der Waals surface area contributed by atoms with E-state index in [2.05, 4.69) is 0 Å². The molecule has 2 aromatic carbocycles. The molecule has 1 aliphatic rings. The molecule has 0 radical (unpaired) electrons. The largest absolute Gasteiger partial charge is 0.497 e. The number of benzene rings is 2. The Hall–Kier alpha value is -2.18. The van der Waals surface area contributed by atoms with Crippen molar-refractivity contribution in [2.75, 3.05) is 20.2 Å². The molecular formula is C21H25ClF2N2O2. The highest BCUT2D eigenvalue weighted by molar-refractivity contribution is 5.95. The van der Waals surface area contributed by atoms with Crippen LogP contribution in [0.2, 0.25) is 0 Å². The molecule has 1 fully saturated rings. The van der Waals surface area contributed by atoms with E-state index >= 15 is 0 Å². The summed E-state index contributed by atoms with van der Waals surface area (Å²) in [7, 11) is 1.45. The van der Waals surface area contributed by atoms with Crippen LogP contribution >= 0.6 is 12.4 Å². The Bertz CT molecular complexity index is 873. The van der Waals surface area contributed by atoms with Crippen LogP contribution in [0.3, 0.4) is 0 Å². The van der Waals surface area contributed by atoms with E-state index in [1.807, 2.05) is 13.8 Å². The number of ether oxygens (including phenoxy) is 1. The normalized spacial score (nSPS) is 18.4. The number of methoxy groups -OCH3 is 1. The third-order valence-corrected chi connectivity index (χ3v) is 5.29. The second kappa shape index (κ2) is 8.45. The molecule has 0 aliphatic carbocycles. The number of halogens is 3. The molecule has 0 spiro atoms. The van der Waals surface area contributed by atoms with Gasteiger partial charge in [0.05, 0.1) is 12.7 Å². The fourth-order valence-corrected chi connectivity index (χ4v) is 3.43. The van der Waals surface area contributed by atoms with Gasteiger partial charge in [0.15, 0.2) is 0 Å². The van der Waals surface area contributed by atoms with Crippen LogP contribution in [0, 0.1) is 17.0 Å². The Morgan fingerprint density at radius 1 is 1.18 bits per heavy atom. The van der Waals surface area contributed by atoms with E-state index < -0.39 is 11.6 Å². The van der Waals surface area contributed by atoms with E-state index in [4.69, 9.17) is 10.5 Å². The minimum absolute atomic E-state index is 0. The predicted octanol–water partition coefficient (Wildman–Crippen LogP) is 4.26. The molecule has 1 unspecified atom stereocenters. The minimum Gasteiger partial charge on any atom is -0.497 e. The summed E-state index contributed by atoms with van der Waals surface area (Å²) >= 11 is 0. The van der Waals surface area contributed by atoms with Gasteiger partial charge in [0, 0.05) is 30.8 Å². The Kier molecular flexibility index (Phi) is 6.67. The first-order valence-electron chi connectivity index (χ1n) is 8.91. The van der Waals surface area contributed by atoms with Gasteiger partial charge in [0.2, 0.25) is 0 Å². The summed E-state index contributed by atoms with van der Waals surface area (Å²) in [6, 6.07) is 8.55. The average molecular weight is 411 g/mol. The lowest BCUT2D eigenvalue weighted by Gasteiger charge is -2.42. The van der Waals surface area contributed by atoms with Crippen molar-refractivity contribution in [3.63, 3.8) is 0 Å². The van der Waals surface area contributed by atoms with Crippen molar-refractivity contribution in [1.29, 1.82) is 0 Å². The quantitative estimate of drug-likeness (QED) is 0.822. The Morgan fingerprint density at radius 3 is 2.46 bits per heavy atom. The van der Waals surface area contributed by atoms with Crippen molar-refractivity contribution in [3.8, 4) is 16.9 Å². The van der Waals surface area contributed by atoms with Gasteiger partial charge in [-0.05, 0) is 41.7 Å². The highest BCUT2D eigenvalue weighted by Gasteiger charge is 2.36. The maximum absolute atomic E-state index is 14.7. The number of hydrogen-bond acceptors (Lipinski definition) is 3. The molecule has 0 saturated carbocycles. The van der Waals surface area contributed by atoms with Crippen LogP contribution in [-0.4, -0.2) is 37.0 Å². The zero-order valence-corrected chi connectivity index (χ0v) is 17.0.